The molecule has 0 fully saturated rings. The number of aliphatic hydroxyl groups excluding tert-OH is 2. The van der Waals surface area contributed by atoms with E-state index in [1.54, 1.807) is 6.26 Å². The molecular formula is C7H12N2O3S2. The van der Waals surface area contributed by atoms with E-state index in [0.717, 1.165) is 5.76 Å². The van der Waals surface area contributed by atoms with Crippen LogP contribution >= 0.6 is 24.4 Å². The summed E-state index contributed by atoms with van der Waals surface area (Å²) in [5.41, 5.74) is 8.80. The van der Waals surface area contributed by atoms with E-state index in [1.165, 1.54) is 0 Å². The maximum absolute atomic E-state index is 7.56. The second-order valence-corrected chi connectivity index (χ2v) is 2.74. The first-order valence-electron chi connectivity index (χ1n) is 3.33. The van der Waals surface area contributed by atoms with Crippen LogP contribution in [0.25, 0.3) is 0 Å². The van der Waals surface area contributed by atoms with Crippen LogP contribution in [0.4, 0.5) is 0 Å². The smallest absolute Gasteiger partial charge is 0.251 e. The van der Waals surface area contributed by atoms with E-state index < -0.39 is 10.3 Å². The van der Waals surface area contributed by atoms with Gasteiger partial charge in [-0.3, -0.25) is 0 Å². The van der Waals surface area contributed by atoms with Crippen LogP contribution < -0.4 is 11.5 Å². The standard InChI is InChI=1S/C5H6O.2CH3NOS/c1-5-3-2-4-6-5;2*2-1(3)4/h2-4H,1H3;2*(H3,2,3,4). The summed E-state index contributed by atoms with van der Waals surface area (Å²) in [7, 11) is 0. The molecule has 0 radical (unpaired) electrons. The molecule has 0 saturated carbocycles. The number of rotatable bonds is 0. The van der Waals surface area contributed by atoms with E-state index in [1.807, 2.05) is 19.1 Å². The lowest BCUT2D eigenvalue weighted by molar-refractivity contribution is 0.534. The minimum atomic E-state index is -0.500. The van der Waals surface area contributed by atoms with Crippen molar-refractivity contribution in [3.05, 3.63) is 24.2 Å². The third-order valence-electron chi connectivity index (χ3n) is 0.663. The molecule has 80 valence electrons. The van der Waals surface area contributed by atoms with E-state index >= 15 is 0 Å². The second-order valence-electron chi connectivity index (χ2n) is 1.90. The Labute approximate surface area is 92.3 Å². The molecule has 0 spiro atoms. The Morgan fingerprint density at radius 2 is 1.64 bits per heavy atom. The van der Waals surface area contributed by atoms with E-state index in [4.69, 9.17) is 14.6 Å². The van der Waals surface area contributed by atoms with Crippen LogP contribution in [-0.4, -0.2) is 20.6 Å². The number of aryl methyl sites for hydroxylation is 1. The zero-order chi connectivity index (χ0) is 11.6. The topological polar surface area (TPSA) is 106 Å². The molecule has 0 bridgehead atoms. The zero-order valence-corrected chi connectivity index (χ0v) is 9.14. The predicted octanol–water partition coefficient (Wildman–Crippen LogP) is 1.16. The van der Waals surface area contributed by atoms with E-state index in [9.17, 15) is 0 Å². The average Bonchev–Trinajstić information content (AvgIpc) is 2.36. The average molecular weight is 236 g/mol. The molecule has 0 atom stereocenters. The molecule has 0 aliphatic rings. The van der Waals surface area contributed by atoms with Crippen molar-refractivity contribution in [2.45, 2.75) is 6.92 Å². The molecule has 14 heavy (non-hydrogen) atoms. The van der Waals surface area contributed by atoms with Gasteiger partial charge in [0.2, 0.25) is 0 Å². The minimum Gasteiger partial charge on any atom is -0.487 e. The molecule has 0 aliphatic carbocycles. The first-order chi connectivity index (χ1) is 6.36. The lowest BCUT2D eigenvalue weighted by Crippen LogP contribution is -2.03. The van der Waals surface area contributed by atoms with Gasteiger partial charge < -0.3 is 26.1 Å². The molecule has 1 heterocycles. The Bertz CT molecular complexity index is 242. The van der Waals surface area contributed by atoms with Gasteiger partial charge in [0.25, 0.3) is 10.3 Å². The zero-order valence-electron chi connectivity index (χ0n) is 7.51. The molecular weight excluding hydrogens is 224 g/mol. The fourth-order valence-corrected chi connectivity index (χ4v) is 0.361. The van der Waals surface area contributed by atoms with E-state index in [0.29, 0.717) is 0 Å². The maximum Gasteiger partial charge on any atom is 0.251 e. The largest absolute Gasteiger partial charge is 0.487 e. The molecule has 0 aliphatic heterocycles. The number of thiocarbonyl (C=S) groups is 2. The fraction of sp³-hybridized carbons (Fsp3) is 0.143. The maximum atomic E-state index is 7.56. The molecule has 6 N–H and O–H groups in total. The SMILES string of the molecule is Cc1ccco1.NC(O)=S.NC(O)=S. The monoisotopic (exact) mass is 236 g/mol. The van der Waals surface area contributed by atoms with Crippen molar-refractivity contribution in [1.82, 2.24) is 0 Å². The third-order valence-corrected chi connectivity index (χ3v) is 0.663. The number of furan rings is 1. The normalized spacial score (nSPS) is 7.21. The summed E-state index contributed by atoms with van der Waals surface area (Å²) >= 11 is 7.74. The second kappa shape index (κ2) is 9.75. The van der Waals surface area contributed by atoms with Crippen LogP contribution in [0.1, 0.15) is 5.76 Å². The van der Waals surface area contributed by atoms with Crippen LogP contribution in [-0.2, 0) is 0 Å². The number of nitrogens with two attached hydrogens (primary N) is 2. The number of hydrogen-bond donors (Lipinski definition) is 4. The molecule has 0 unspecified atom stereocenters. The van der Waals surface area contributed by atoms with Crippen molar-refractivity contribution < 1.29 is 14.6 Å². The van der Waals surface area contributed by atoms with Crippen molar-refractivity contribution in [1.29, 1.82) is 0 Å². The lowest BCUT2D eigenvalue weighted by Gasteiger charge is -1.69. The van der Waals surface area contributed by atoms with Crippen LogP contribution in [0, 0.1) is 6.92 Å². The van der Waals surface area contributed by atoms with Crippen molar-refractivity contribution in [2.24, 2.45) is 11.5 Å². The minimum absolute atomic E-state index is 0.500. The summed E-state index contributed by atoms with van der Waals surface area (Å²) < 4.78 is 4.83. The van der Waals surface area contributed by atoms with E-state index in [2.05, 4.69) is 35.9 Å². The summed E-state index contributed by atoms with van der Waals surface area (Å²) in [6.45, 7) is 1.92. The highest BCUT2D eigenvalue weighted by molar-refractivity contribution is 7.80. The number of hydrogen-bond acceptors (Lipinski definition) is 3. The molecule has 1 aromatic rings. The molecule has 0 saturated heterocycles. The Morgan fingerprint density at radius 3 is 1.71 bits per heavy atom. The van der Waals surface area contributed by atoms with Gasteiger partial charge in [-0.2, -0.15) is 0 Å². The van der Waals surface area contributed by atoms with Crippen molar-refractivity contribution >= 4 is 34.8 Å². The van der Waals surface area contributed by atoms with Gasteiger partial charge in [0.1, 0.15) is 5.76 Å². The van der Waals surface area contributed by atoms with Crippen LogP contribution in [0.15, 0.2) is 22.8 Å². The highest BCUT2D eigenvalue weighted by Crippen LogP contribution is 1.93. The quantitative estimate of drug-likeness (QED) is 0.501. The number of aliphatic hydroxyl groups is 2. The summed E-state index contributed by atoms with van der Waals surface area (Å²) in [6.07, 6.45) is 1.66. The Morgan fingerprint density at radius 1 is 1.29 bits per heavy atom. The summed E-state index contributed by atoms with van der Waals surface area (Å²) in [5.74, 6) is 0.968. The van der Waals surface area contributed by atoms with Gasteiger partial charge in [-0.25, -0.2) is 0 Å². The van der Waals surface area contributed by atoms with Gasteiger partial charge in [0, 0.05) is 0 Å². The van der Waals surface area contributed by atoms with Gasteiger partial charge in [0.15, 0.2) is 0 Å². The van der Waals surface area contributed by atoms with Gasteiger partial charge >= 0.3 is 0 Å². The summed E-state index contributed by atoms with van der Waals surface area (Å²) in [5, 5.41) is 14.1. The Balaban J connectivity index is 0. The fourth-order valence-electron chi connectivity index (χ4n) is 0.361. The highest BCUT2D eigenvalue weighted by atomic mass is 32.1. The van der Waals surface area contributed by atoms with Crippen LogP contribution in [0.3, 0.4) is 0 Å². The molecule has 7 heteroatoms. The lowest BCUT2D eigenvalue weighted by atomic mass is 10.5. The van der Waals surface area contributed by atoms with Crippen molar-refractivity contribution in [2.75, 3.05) is 0 Å². The molecule has 0 aromatic carbocycles. The Hall–Kier alpha value is -1.34. The first-order valence-corrected chi connectivity index (χ1v) is 4.14. The van der Waals surface area contributed by atoms with Gasteiger partial charge in [-0.1, -0.05) is 0 Å². The van der Waals surface area contributed by atoms with Gasteiger partial charge in [-0.15, -0.1) is 0 Å². The van der Waals surface area contributed by atoms with Crippen LogP contribution in [0.2, 0.25) is 0 Å². The van der Waals surface area contributed by atoms with Crippen LogP contribution in [0.5, 0.6) is 0 Å². The van der Waals surface area contributed by atoms with Crippen molar-refractivity contribution in [3.63, 3.8) is 0 Å². The van der Waals surface area contributed by atoms with Crippen molar-refractivity contribution in [3.8, 4) is 0 Å². The van der Waals surface area contributed by atoms with Gasteiger partial charge in [0.05, 0.1) is 6.26 Å². The molecule has 1 rings (SSSR count). The van der Waals surface area contributed by atoms with Gasteiger partial charge in [-0.05, 0) is 43.5 Å². The molecule has 0 amide bonds. The van der Waals surface area contributed by atoms with E-state index in [-0.39, 0.29) is 0 Å². The third kappa shape index (κ3) is 31.1. The molecule has 1 aromatic heterocycles. The molecule has 5 nitrogen and oxygen atoms in total. The Kier molecular flexibility index (Phi) is 10.5. The highest BCUT2D eigenvalue weighted by Gasteiger charge is 1.75. The summed E-state index contributed by atoms with van der Waals surface area (Å²) in [4.78, 5) is 0. The summed E-state index contributed by atoms with van der Waals surface area (Å²) in [6, 6.07) is 3.79. The first kappa shape index (κ1) is 15.1. The predicted molar refractivity (Wildman–Crippen MR) is 62.3 cm³/mol.